The third-order valence-electron chi connectivity index (χ3n) is 5.46. The molecule has 0 radical (unpaired) electrons. The Morgan fingerprint density at radius 3 is 2.58 bits per heavy atom. The lowest BCUT2D eigenvalue weighted by molar-refractivity contribution is -0.130. The number of fused-ring (bicyclic) bond motifs is 1. The SMILES string of the molecule is COc1ccc([C@H]2[C@@H]3CN(C(=O)c4cscn4)C[C@@H]3CN2C(C)=O)cc1. The van der Waals surface area contributed by atoms with Gasteiger partial charge in [0.25, 0.3) is 5.91 Å². The number of rotatable bonds is 3. The van der Waals surface area contributed by atoms with Crippen molar-refractivity contribution in [1.29, 1.82) is 0 Å². The Balaban J connectivity index is 1.59. The van der Waals surface area contributed by atoms with E-state index in [0.29, 0.717) is 31.2 Å². The van der Waals surface area contributed by atoms with Crippen molar-refractivity contribution in [3.8, 4) is 5.75 Å². The van der Waals surface area contributed by atoms with Gasteiger partial charge in [-0.25, -0.2) is 4.98 Å². The highest BCUT2D eigenvalue weighted by Gasteiger charge is 2.49. The highest BCUT2D eigenvalue weighted by Crippen LogP contribution is 2.45. The number of methoxy groups -OCH3 is 1. The topological polar surface area (TPSA) is 62.7 Å². The third-order valence-corrected chi connectivity index (χ3v) is 6.05. The number of benzene rings is 1. The minimum atomic E-state index is -0.0106. The standard InChI is InChI=1S/C19H21N3O3S/c1-12(23)22-8-14-7-21(19(24)17-10-26-11-20-17)9-16(14)18(22)13-3-5-15(25-2)6-4-13/h3-6,10-11,14,16,18H,7-9H2,1-2H3/t14-,16-,18+/m1/s1. The number of likely N-dealkylation sites (tertiary alicyclic amines) is 2. The molecule has 0 saturated carbocycles. The summed E-state index contributed by atoms with van der Waals surface area (Å²) in [6, 6.07) is 7.89. The molecular formula is C19H21N3O3S. The molecule has 3 atom stereocenters. The van der Waals surface area contributed by atoms with Crippen molar-refractivity contribution in [2.45, 2.75) is 13.0 Å². The van der Waals surface area contributed by atoms with Gasteiger partial charge in [0.05, 0.1) is 18.7 Å². The van der Waals surface area contributed by atoms with E-state index in [1.165, 1.54) is 11.3 Å². The van der Waals surface area contributed by atoms with E-state index in [1.54, 1.807) is 24.9 Å². The van der Waals surface area contributed by atoms with E-state index in [2.05, 4.69) is 4.98 Å². The van der Waals surface area contributed by atoms with Crippen molar-refractivity contribution in [1.82, 2.24) is 14.8 Å². The van der Waals surface area contributed by atoms with Crippen LogP contribution in [0.1, 0.15) is 29.0 Å². The van der Waals surface area contributed by atoms with Crippen LogP contribution < -0.4 is 4.74 Å². The number of amides is 2. The van der Waals surface area contributed by atoms with Gasteiger partial charge < -0.3 is 14.5 Å². The molecule has 2 saturated heterocycles. The van der Waals surface area contributed by atoms with E-state index in [9.17, 15) is 9.59 Å². The second-order valence-corrected chi connectivity index (χ2v) is 7.62. The Kier molecular flexibility index (Phi) is 4.40. The maximum Gasteiger partial charge on any atom is 0.273 e. The Labute approximate surface area is 156 Å². The molecule has 2 amide bonds. The summed E-state index contributed by atoms with van der Waals surface area (Å²) in [7, 11) is 1.64. The van der Waals surface area contributed by atoms with E-state index >= 15 is 0 Å². The van der Waals surface area contributed by atoms with Gasteiger partial charge >= 0.3 is 0 Å². The zero-order valence-corrected chi connectivity index (χ0v) is 15.6. The zero-order valence-electron chi connectivity index (χ0n) is 14.8. The lowest BCUT2D eigenvalue weighted by Gasteiger charge is -2.29. The largest absolute Gasteiger partial charge is 0.497 e. The van der Waals surface area contributed by atoms with Gasteiger partial charge in [0.1, 0.15) is 11.4 Å². The van der Waals surface area contributed by atoms with Crippen LogP contribution in [0, 0.1) is 11.8 Å². The van der Waals surface area contributed by atoms with Crippen LogP contribution in [-0.2, 0) is 4.79 Å². The molecule has 3 heterocycles. The zero-order chi connectivity index (χ0) is 18.3. The van der Waals surface area contributed by atoms with Gasteiger partial charge in [0, 0.05) is 43.8 Å². The summed E-state index contributed by atoms with van der Waals surface area (Å²) in [5.41, 5.74) is 3.29. The van der Waals surface area contributed by atoms with Crippen LogP contribution in [0.3, 0.4) is 0 Å². The summed E-state index contributed by atoms with van der Waals surface area (Å²) in [6.07, 6.45) is 0. The quantitative estimate of drug-likeness (QED) is 0.831. The van der Waals surface area contributed by atoms with E-state index in [4.69, 9.17) is 4.74 Å². The van der Waals surface area contributed by atoms with Crippen molar-refractivity contribution in [3.05, 3.63) is 46.4 Å². The number of hydrogen-bond donors (Lipinski definition) is 0. The molecule has 1 aromatic carbocycles. The number of nitrogens with zero attached hydrogens (tertiary/aromatic N) is 3. The summed E-state index contributed by atoms with van der Waals surface area (Å²) >= 11 is 1.43. The van der Waals surface area contributed by atoms with Crippen molar-refractivity contribution >= 4 is 23.2 Å². The summed E-state index contributed by atoms with van der Waals surface area (Å²) in [6.45, 7) is 3.65. The van der Waals surface area contributed by atoms with Gasteiger partial charge in [-0.3, -0.25) is 9.59 Å². The van der Waals surface area contributed by atoms with Crippen molar-refractivity contribution in [2.24, 2.45) is 11.8 Å². The molecule has 0 spiro atoms. The summed E-state index contributed by atoms with van der Waals surface area (Å²) < 4.78 is 5.24. The molecular weight excluding hydrogens is 350 g/mol. The third kappa shape index (κ3) is 2.86. The summed E-state index contributed by atoms with van der Waals surface area (Å²) in [4.78, 5) is 32.8. The first-order chi connectivity index (χ1) is 12.6. The second kappa shape index (κ2) is 6.72. The molecule has 6 nitrogen and oxygen atoms in total. The van der Waals surface area contributed by atoms with Crippen LogP contribution in [0.15, 0.2) is 35.2 Å². The van der Waals surface area contributed by atoms with Crippen molar-refractivity contribution in [3.63, 3.8) is 0 Å². The van der Waals surface area contributed by atoms with Crippen molar-refractivity contribution < 1.29 is 14.3 Å². The number of ether oxygens (including phenoxy) is 1. The van der Waals surface area contributed by atoms with Gasteiger partial charge in [-0.05, 0) is 17.7 Å². The van der Waals surface area contributed by atoms with Crippen LogP contribution in [-0.4, -0.2) is 53.3 Å². The summed E-state index contributed by atoms with van der Waals surface area (Å²) in [5, 5.41) is 1.79. The van der Waals surface area contributed by atoms with Gasteiger partial charge in [0.2, 0.25) is 5.91 Å². The average Bonchev–Trinajstić information content (AvgIpc) is 3.36. The minimum Gasteiger partial charge on any atom is -0.497 e. The fourth-order valence-corrected chi connectivity index (χ4v) is 4.77. The first-order valence-electron chi connectivity index (χ1n) is 8.67. The maximum atomic E-state index is 12.7. The normalized spacial score (nSPS) is 24.6. The Bertz CT molecular complexity index is 806. The molecule has 0 bridgehead atoms. The number of hydrogen-bond acceptors (Lipinski definition) is 5. The molecule has 1 aromatic heterocycles. The van der Waals surface area contributed by atoms with E-state index < -0.39 is 0 Å². The Hall–Kier alpha value is -2.41. The highest BCUT2D eigenvalue weighted by atomic mass is 32.1. The minimum absolute atomic E-state index is 0.00311. The van der Waals surface area contributed by atoms with Crippen LogP contribution in [0.2, 0.25) is 0 Å². The molecule has 0 unspecified atom stereocenters. The lowest BCUT2D eigenvalue weighted by atomic mass is 9.89. The number of carbonyl (C=O) groups is 2. The molecule has 0 N–H and O–H groups in total. The molecule has 136 valence electrons. The fraction of sp³-hybridized carbons (Fsp3) is 0.421. The second-order valence-electron chi connectivity index (χ2n) is 6.90. The highest BCUT2D eigenvalue weighted by molar-refractivity contribution is 7.07. The molecule has 2 aliphatic heterocycles. The van der Waals surface area contributed by atoms with Gasteiger partial charge in [-0.15, -0.1) is 11.3 Å². The predicted octanol–water partition coefficient (Wildman–Crippen LogP) is 2.44. The maximum absolute atomic E-state index is 12.7. The van der Waals surface area contributed by atoms with E-state index in [0.717, 1.165) is 11.3 Å². The molecule has 4 rings (SSSR count). The molecule has 2 fully saturated rings. The number of aromatic nitrogens is 1. The average molecular weight is 371 g/mol. The monoisotopic (exact) mass is 371 g/mol. The van der Waals surface area contributed by atoms with Crippen LogP contribution >= 0.6 is 11.3 Å². The van der Waals surface area contributed by atoms with Crippen LogP contribution in [0.4, 0.5) is 0 Å². The van der Waals surface area contributed by atoms with Crippen molar-refractivity contribution in [2.75, 3.05) is 26.7 Å². The van der Waals surface area contributed by atoms with Crippen LogP contribution in [0.5, 0.6) is 5.75 Å². The molecule has 2 aliphatic rings. The molecule has 2 aromatic rings. The Morgan fingerprint density at radius 2 is 1.96 bits per heavy atom. The van der Waals surface area contributed by atoms with E-state index in [1.807, 2.05) is 34.1 Å². The number of thiazole rings is 1. The smallest absolute Gasteiger partial charge is 0.273 e. The van der Waals surface area contributed by atoms with E-state index in [-0.39, 0.29) is 23.8 Å². The van der Waals surface area contributed by atoms with Crippen LogP contribution in [0.25, 0.3) is 0 Å². The summed E-state index contributed by atoms with van der Waals surface area (Å²) in [5.74, 6) is 1.41. The van der Waals surface area contributed by atoms with Gasteiger partial charge in [-0.2, -0.15) is 0 Å². The first-order valence-corrected chi connectivity index (χ1v) is 9.61. The number of carbonyl (C=O) groups excluding carboxylic acids is 2. The lowest BCUT2D eigenvalue weighted by Crippen LogP contribution is -2.36. The molecule has 7 heteroatoms. The van der Waals surface area contributed by atoms with Gasteiger partial charge in [-0.1, -0.05) is 12.1 Å². The predicted molar refractivity (Wildman–Crippen MR) is 98.1 cm³/mol. The molecule has 26 heavy (non-hydrogen) atoms. The first kappa shape index (κ1) is 17.0. The molecule has 0 aliphatic carbocycles. The fourth-order valence-electron chi connectivity index (χ4n) is 4.24. The van der Waals surface area contributed by atoms with Gasteiger partial charge in [0.15, 0.2) is 0 Å². The Morgan fingerprint density at radius 1 is 1.19 bits per heavy atom.